The van der Waals surface area contributed by atoms with Gasteiger partial charge in [0.1, 0.15) is 17.0 Å². The van der Waals surface area contributed by atoms with Gasteiger partial charge in [-0.2, -0.15) is 0 Å². The van der Waals surface area contributed by atoms with E-state index in [0.29, 0.717) is 22.5 Å². The van der Waals surface area contributed by atoms with E-state index in [4.69, 9.17) is 4.42 Å². The summed E-state index contributed by atoms with van der Waals surface area (Å²) >= 11 is 0. The summed E-state index contributed by atoms with van der Waals surface area (Å²) in [5.74, 6) is 0.189. The van der Waals surface area contributed by atoms with E-state index in [0.717, 1.165) is 0 Å². The Morgan fingerprint density at radius 2 is 1.96 bits per heavy atom. The number of para-hydroxylation sites is 1. The van der Waals surface area contributed by atoms with Crippen molar-refractivity contribution >= 4 is 28.4 Å². The van der Waals surface area contributed by atoms with Crippen LogP contribution in [0, 0.1) is 0 Å². The fourth-order valence-corrected chi connectivity index (χ4v) is 2.27. The van der Waals surface area contributed by atoms with E-state index in [-0.39, 0.29) is 11.6 Å². The highest BCUT2D eigenvalue weighted by atomic mass is 16.4. The first-order chi connectivity index (χ1) is 11.5. The van der Waals surface area contributed by atoms with Gasteiger partial charge in [0.05, 0.1) is 11.9 Å². The van der Waals surface area contributed by atoms with Gasteiger partial charge in [-0.15, -0.1) is 0 Å². The second kappa shape index (κ2) is 6.54. The molecular weight excluding hydrogens is 306 g/mol. The van der Waals surface area contributed by atoms with Crippen LogP contribution in [0.2, 0.25) is 0 Å². The highest BCUT2D eigenvalue weighted by Crippen LogP contribution is 2.15. The largest absolute Gasteiger partial charge is 0.422 e. The molecule has 0 radical (unpaired) electrons. The summed E-state index contributed by atoms with van der Waals surface area (Å²) in [6, 6.07) is 12.3. The minimum Gasteiger partial charge on any atom is -0.422 e. The zero-order chi connectivity index (χ0) is 17.1. The van der Waals surface area contributed by atoms with Crippen molar-refractivity contribution in [1.29, 1.82) is 0 Å². The molecule has 6 heteroatoms. The van der Waals surface area contributed by atoms with Gasteiger partial charge < -0.3 is 15.1 Å². The highest BCUT2D eigenvalue weighted by molar-refractivity contribution is 6.05. The zero-order valence-electron chi connectivity index (χ0n) is 13.4. The molecule has 0 spiro atoms. The lowest BCUT2D eigenvalue weighted by atomic mass is 10.2. The molecule has 0 aliphatic rings. The maximum atomic E-state index is 12.3. The van der Waals surface area contributed by atoms with Crippen LogP contribution in [-0.4, -0.2) is 16.9 Å². The number of rotatable bonds is 4. The molecule has 3 rings (SSSR count). The van der Waals surface area contributed by atoms with Crippen molar-refractivity contribution in [2.24, 2.45) is 0 Å². The summed E-state index contributed by atoms with van der Waals surface area (Å²) in [6.07, 6.45) is 1.53. The molecule has 3 aromatic rings. The molecule has 1 aromatic carbocycles. The topological polar surface area (TPSA) is 84.2 Å². The number of pyridine rings is 1. The maximum absolute atomic E-state index is 12.3. The third-order valence-electron chi connectivity index (χ3n) is 3.34. The standard InChI is InChI=1S/C18H17N3O3/c1-11(2)20-16-8-7-13(10-19-16)21-17(22)14-9-12-5-3-4-6-15(12)24-18(14)23/h3-11H,1-2H3,(H,19,20)(H,21,22). The first-order valence-electron chi connectivity index (χ1n) is 7.60. The van der Waals surface area contributed by atoms with E-state index in [2.05, 4.69) is 15.6 Å². The molecule has 2 N–H and O–H groups in total. The number of amides is 1. The van der Waals surface area contributed by atoms with Crippen molar-refractivity contribution in [3.05, 3.63) is 64.6 Å². The van der Waals surface area contributed by atoms with Crippen LogP contribution in [-0.2, 0) is 0 Å². The van der Waals surface area contributed by atoms with Crippen LogP contribution in [0.15, 0.2) is 57.9 Å². The highest BCUT2D eigenvalue weighted by Gasteiger charge is 2.14. The fourth-order valence-electron chi connectivity index (χ4n) is 2.27. The Kier molecular flexibility index (Phi) is 4.29. The van der Waals surface area contributed by atoms with Crippen LogP contribution in [0.1, 0.15) is 24.2 Å². The lowest BCUT2D eigenvalue weighted by Crippen LogP contribution is -2.20. The fraction of sp³-hybridized carbons (Fsp3) is 0.167. The number of benzene rings is 1. The van der Waals surface area contributed by atoms with Crippen LogP contribution in [0.25, 0.3) is 11.0 Å². The van der Waals surface area contributed by atoms with Gasteiger partial charge in [-0.1, -0.05) is 18.2 Å². The van der Waals surface area contributed by atoms with Gasteiger partial charge in [-0.05, 0) is 38.1 Å². The smallest absolute Gasteiger partial charge is 0.349 e. The Morgan fingerprint density at radius 1 is 1.17 bits per heavy atom. The summed E-state index contributed by atoms with van der Waals surface area (Å²) in [5.41, 5.74) is 0.238. The number of anilines is 2. The summed E-state index contributed by atoms with van der Waals surface area (Å²) in [7, 11) is 0. The Labute approximate surface area is 138 Å². The van der Waals surface area contributed by atoms with Crippen LogP contribution in [0.4, 0.5) is 11.5 Å². The number of carbonyl (C=O) groups excluding carboxylic acids is 1. The van der Waals surface area contributed by atoms with E-state index in [1.165, 1.54) is 12.3 Å². The second-order valence-corrected chi connectivity index (χ2v) is 5.67. The number of aromatic nitrogens is 1. The number of carbonyl (C=O) groups is 1. The van der Waals surface area contributed by atoms with Crippen molar-refractivity contribution < 1.29 is 9.21 Å². The number of hydrogen-bond acceptors (Lipinski definition) is 5. The van der Waals surface area contributed by atoms with Crippen molar-refractivity contribution in [1.82, 2.24) is 4.98 Å². The Bertz CT molecular complexity index is 930. The monoisotopic (exact) mass is 323 g/mol. The second-order valence-electron chi connectivity index (χ2n) is 5.67. The molecule has 0 aliphatic heterocycles. The maximum Gasteiger partial charge on any atom is 0.349 e. The molecule has 1 amide bonds. The summed E-state index contributed by atoms with van der Waals surface area (Å²) < 4.78 is 5.17. The average Bonchev–Trinajstić information content (AvgIpc) is 2.55. The number of hydrogen-bond donors (Lipinski definition) is 2. The SMILES string of the molecule is CC(C)Nc1ccc(NC(=O)c2cc3ccccc3oc2=O)cn1. The minimum atomic E-state index is -0.669. The molecule has 122 valence electrons. The molecule has 0 fully saturated rings. The molecule has 2 aromatic heterocycles. The summed E-state index contributed by atoms with van der Waals surface area (Å²) in [5, 5.41) is 6.50. The Balaban J connectivity index is 1.82. The molecule has 6 nitrogen and oxygen atoms in total. The van der Waals surface area contributed by atoms with Crippen LogP contribution >= 0.6 is 0 Å². The van der Waals surface area contributed by atoms with Crippen LogP contribution < -0.4 is 16.3 Å². The van der Waals surface area contributed by atoms with E-state index in [9.17, 15) is 9.59 Å². The van der Waals surface area contributed by atoms with Crippen molar-refractivity contribution in [2.75, 3.05) is 10.6 Å². The molecular formula is C18H17N3O3. The number of nitrogens with zero attached hydrogens (tertiary/aromatic N) is 1. The van der Waals surface area contributed by atoms with Crippen molar-refractivity contribution in [3.63, 3.8) is 0 Å². The number of fused-ring (bicyclic) bond motifs is 1. The third kappa shape index (κ3) is 3.43. The first kappa shape index (κ1) is 15.7. The Hall–Kier alpha value is -3.15. The molecule has 24 heavy (non-hydrogen) atoms. The van der Waals surface area contributed by atoms with E-state index in [1.807, 2.05) is 19.9 Å². The van der Waals surface area contributed by atoms with Crippen molar-refractivity contribution in [3.8, 4) is 0 Å². The van der Waals surface area contributed by atoms with E-state index >= 15 is 0 Å². The van der Waals surface area contributed by atoms with Gasteiger partial charge in [0.15, 0.2) is 0 Å². The Morgan fingerprint density at radius 3 is 2.67 bits per heavy atom. The molecule has 0 saturated heterocycles. The predicted octanol–water partition coefficient (Wildman–Crippen LogP) is 3.26. The minimum absolute atomic E-state index is 0.0434. The lowest BCUT2D eigenvalue weighted by Gasteiger charge is -2.10. The number of nitrogens with one attached hydrogen (secondary N) is 2. The molecule has 0 bridgehead atoms. The average molecular weight is 323 g/mol. The van der Waals surface area contributed by atoms with E-state index in [1.54, 1.807) is 30.3 Å². The van der Waals surface area contributed by atoms with Gasteiger partial charge in [-0.3, -0.25) is 4.79 Å². The molecule has 0 atom stereocenters. The van der Waals surface area contributed by atoms with Crippen LogP contribution in [0.5, 0.6) is 0 Å². The van der Waals surface area contributed by atoms with Gasteiger partial charge in [0.2, 0.25) is 0 Å². The normalized spacial score (nSPS) is 10.8. The molecule has 0 saturated carbocycles. The van der Waals surface area contributed by atoms with Crippen LogP contribution in [0.3, 0.4) is 0 Å². The van der Waals surface area contributed by atoms with Crippen molar-refractivity contribution in [2.45, 2.75) is 19.9 Å². The summed E-state index contributed by atoms with van der Waals surface area (Å²) in [6.45, 7) is 4.02. The van der Waals surface area contributed by atoms with Gasteiger partial charge in [-0.25, -0.2) is 9.78 Å². The molecule has 0 unspecified atom stereocenters. The zero-order valence-corrected chi connectivity index (χ0v) is 13.4. The van der Waals surface area contributed by atoms with Gasteiger partial charge in [0, 0.05) is 11.4 Å². The quantitative estimate of drug-likeness (QED) is 0.720. The molecule has 0 aliphatic carbocycles. The first-order valence-corrected chi connectivity index (χ1v) is 7.60. The third-order valence-corrected chi connectivity index (χ3v) is 3.34. The van der Waals surface area contributed by atoms with Gasteiger partial charge >= 0.3 is 5.63 Å². The summed E-state index contributed by atoms with van der Waals surface area (Å²) in [4.78, 5) is 28.5. The van der Waals surface area contributed by atoms with Gasteiger partial charge in [0.25, 0.3) is 5.91 Å². The molecule has 2 heterocycles. The van der Waals surface area contributed by atoms with E-state index < -0.39 is 11.5 Å². The predicted molar refractivity (Wildman–Crippen MR) is 93.4 cm³/mol. The lowest BCUT2D eigenvalue weighted by molar-refractivity contribution is 0.102.